The van der Waals surface area contributed by atoms with Gasteiger partial charge in [0.25, 0.3) is 0 Å². The Labute approximate surface area is 108 Å². The molecule has 0 saturated heterocycles. The van der Waals surface area contributed by atoms with Crippen molar-refractivity contribution in [2.24, 2.45) is 5.73 Å². The monoisotopic (exact) mass is 241 g/mol. The first-order valence-electron chi connectivity index (χ1n) is 6.31. The molecule has 0 atom stereocenters. The minimum atomic E-state index is 0.601. The highest BCUT2D eigenvalue weighted by Gasteiger charge is 1.98. The zero-order chi connectivity index (χ0) is 12.8. The Balaban J connectivity index is 2.03. The van der Waals surface area contributed by atoms with E-state index in [0.717, 1.165) is 12.2 Å². The molecule has 0 fully saturated rings. The van der Waals surface area contributed by atoms with Crippen LogP contribution in [-0.4, -0.2) is 6.61 Å². The Morgan fingerprint density at radius 1 is 0.833 bits per heavy atom. The van der Waals surface area contributed by atoms with Gasteiger partial charge < -0.3 is 10.5 Å². The average Bonchev–Trinajstić information content (AvgIpc) is 2.42. The van der Waals surface area contributed by atoms with Gasteiger partial charge in [0.15, 0.2) is 0 Å². The van der Waals surface area contributed by atoms with Gasteiger partial charge in [0.05, 0.1) is 6.61 Å². The van der Waals surface area contributed by atoms with Crippen molar-refractivity contribution in [3.63, 3.8) is 0 Å². The van der Waals surface area contributed by atoms with E-state index in [2.05, 4.69) is 36.4 Å². The maximum absolute atomic E-state index is 5.58. The third-order valence-corrected chi connectivity index (χ3v) is 2.90. The first kappa shape index (κ1) is 12.7. The fourth-order valence-electron chi connectivity index (χ4n) is 1.90. The summed E-state index contributed by atoms with van der Waals surface area (Å²) in [6, 6.07) is 16.7. The zero-order valence-electron chi connectivity index (χ0n) is 10.7. The van der Waals surface area contributed by atoms with Crippen molar-refractivity contribution in [3.05, 3.63) is 65.2 Å². The van der Waals surface area contributed by atoms with Crippen LogP contribution < -0.4 is 10.5 Å². The van der Waals surface area contributed by atoms with E-state index in [9.17, 15) is 0 Å². The van der Waals surface area contributed by atoms with Gasteiger partial charge in [0.1, 0.15) is 5.75 Å². The second kappa shape index (κ2) is 6.22. The Kier molecular flexibility index (Phi) is 4.37. The van der Waals surface area contributed by atoms with Crippen LogP contribution in [-0.2, 0) is 13.0 Å². The molecule has 0 bridgehead atoms. The lowest BCUT2D eigenvalue weighted by molar-refractivity contribution is 0.340. The summed E-state index contributed by atoms with van der Waals surface area (Å²) < 4.78 is 5.43. The zero-order valence-corrected chi connectivity index (χ0v) is 10.7. The van der Waals surface area contributed by atoms with Crippen LogP contribution in [0.5, 0.6) is 5.75 Å². The highest BCUT2D eigenvalue weighted by molar-refractivity contribution is 5.32. The van der Waals surface area contributed by atoms with Gasteiger partial charge in [0.2, 0.25) is 0 Å². The predicted octanol–water partition coefficient (Wildman–Crippen LogP) is 3.13. The molecule has 0 aromatic heterocycles. The third kappa shape index (κ3) is 3.34. The average molecular weight is 241 g/mol. The maximum atomic E-state index is 5.58. The van der Waals surface area contributed by atoms with Crippen LogP contribution in [0.3, 0.4) is 0 Å². The van der Waals surface area contributed by atoms with Gasteiger partial charge in [-0.05, 0) is 42.2 Å². The van der Waals surface area contributed by atoms with Gasteiger partial charge in [0, 0.05) is 6.54 Å². The number of hydrogen-bond acceptors (Lipinski definition) is 2. The predicted molar refractivity (Wildman–Crippen MR) is 74.8 cm³/mol. The Morgan fingerprint density at radius 3 is 1.83 bits per heavy atom. The standard InChI is InChI=1S/C16H19NO/c1-2-18-16-9-7-14(8-10-16)11-13-3-5-15(12-17)6-4-13/h3-10H,2,11-12,17H2,1H3. The molecule has 0 amide bonds. The summed E-state index contributed by atoms with van der Waals surface area (Å²) >= 11 is 0. The fourth-order valence-corrected chi connectivity index (χ4v) is 1.90. The molecule has 0 heterocycles. The summed E-state index contributed by atoms with van der Waals surface area (Å²) in [7, 11) is 0. The Bertz CT molecular complexity index is 473. The second-order valence-electron chi connectivity index (χ2n) is 4.27. The topological polar surface area (TPSA) is 35.2 Å². The lowest BCUT2D eigenvalue weighted by Gasteiger charge is -2.06. The first-order chi connectivity index (χ1) is 8.81. The molecule has 2 aromatic carbocycles. The van der Waals surface area contributed by atoms with E-state index in [1.807, 2.05) is 19.1 Å². The number of benzene rings is 2. The Hall–Kier alpha value is -1.80. The maximum Gasteiger partial charge on any atom is 0.119 e. The van der Waals surface area contributed by atoms with Crippen molar-refractivity contribution in [1.82, 2.24) is 0 Å². The van der Waals surface area contributed by atoms with Crippen molar-refractivity contribution < 1.29 is 4.74 Å². The van der Waals surface area contributed by atoms with Crippen LogP contribution in [0.1, 0.15) is 23.6 Å². The molecular weight excluding hydrogens is 222 g/mol. The fraction of sp³-hybridized carbons (Fsp3) is 0.250. The summed E-state index contributed by atoms with van der Waals surface area (Å²) in [4.78, 5) is 0. The van der Waals surface area contributed by atoms with E-state index in [-0.39, 0.29) is 0 Å². The van der Waals surface area contributed by atoms with Gasteiger partial charge in [-0.2, -0.15) is 0 Å². The first-order valence-corrected chi connectivity index (χ1v) is 6.31. The van der Waals surface area contributed by atoms with Gasteiger partial charge in [-0.25, -0.2) is 0 Å². The highest BCUT2D eigenvalue weighted by Crippen LogP contribution is 2.15. The lowest BCUT2D eigenvalue weighted by Crippen LogP contribution is -1.96. The van der Waals surface area contributed by atoms with Crippen LogP contribution in [0, 0.1) is 0 Å². The van der Waals surface area contributed by atoms with Crippen LogP contribution in [0.15, 0.2) is 48.5 Å². The number of hydrogen-bond donors (Lipinski definition) is 1. The molecule has 0 aliphatic carbocycles. The molecule has 0 unspecified atom stereocenters. The van der Waals surface area contributed by atoms with Crippen LogP contribution in [0.25, 0.3) is 0 Å². The van der Waals surface area contributed by atoms with Crippen molar-refractivity contribution >= 4 is 0 Å². The summed E-state index contributed by atoms with van der Waals surface area (Å²) in [5.41, 5.74) is 9.35. The quantitative estimate of drug-likeness (QED) is 0.872. The highest BCUT2D eigenvalue weighted by atomic mass is 16.5. The number of ether oxygens (including phenoxy) is 1. The van der Waals surface area contributed by atoms with Gasteiger partial charge in [-0.15, -0.1) is 0 Å². The molecule has 2 aromatic rings. The summed E-state index contributed by atoms with van der Waals surface area (Å²) in [5.74, 6) is 0.930. The second-order valence-corrected chi connectivity index (χ2v) is 4.27. The number of nitrogens with two attached hydrogens (primary N) is 1. The van der Waals surface area contributed by atoms with Gasteiger partial charge >= 0.3 is 0 Å². The minimum Gasteiger partial charge on any atom is -0.494 e. The van der Waals surface area contributed by atoms with E-state index in [1.165, 1.54) is 16.7 Å². The number of rotatable bonds is 5. The van der Waals surface area contributed by atoms with E-state index in [0.29, 0.717) is 13.2 Å². The van der Waals surface area contributed by atoms with Gasteiger partial charge in [-0.3, -0.25) is 0 Å². The SMILES string of the molecule is CCOc1ccc(Cc2ccc(CN)cc2)cc1. The van der Waals surface area contributed by atoms with Crippen molar-refractivity contribution in [1.29, 1.82) is 0 Å². The molecule has 18 heavy (non-hydrogen) atoms. The minimum absolute atomic E-state index is 0.601. The molecule has 94 valence electrons. The lowest BCUT2D eigenvalue weighted by atomic mass is 10.0. The molecule has 0 radical (unpaired) electrons. The van der Waals surface area contributed by atoms with Crippen LogP contribution in [0.2, 0.25) is 0 Å². The summed E-state index contributed by atoms with van der Waals surface area (Å²) in [6.07, 6.45) is 0.942. The van der Waals surface area contributed by atoms with E-state index >= 15 is 0 Å². The molecule has 0 aliphatic heterocycles. The van der Waals surface area contributed by atoms with E-state index in [4.69, 9.17) is 10.5 Å². The van der Waals surface area contributed by atoms with E-state index < -0.39 is 0 Å². The van der Waals surface area contributed by atoms with Crippen LogP contribution >= 0.6 is 0 Å². The third-order valence-electron chi connectivity index (χ3n) is 2.90. The molecule has 0 spiro atoms. The normalized spacial score (nSPS) is 10.3. The van der Waals surface area contributed by atoms with E-state index in [1.54, 1.807) is 0 Å². The molecule has 2 heteroatoms. The molecule has 2 N–H and O–H groups in total. The van der Waals surface area contributed by atoms with Crippen molar-refractivity contribution in [3.8, 4) is 5.75 Å². The smallest absolute Gasteiger partial charge is 0.119 e. The molecule has 2 nitrogen and oxygen atoms in total. The summed E-state index contributed by atoms with van der Waals surface area (Å²) in [5, 5.41) is 0. The molecular formula is C16H19NO. The molecule has 0 aliphatic rings. The van der Waals surface area contributed by atoms with Crippen molar-refractivity contribution in [2.45, 2.75) is 19.9 Å². The van der Waals surface area contributed by atoms with Crippen molar-refractivity contribution in [2.75, 3.05) is 6.61 Å². The largest absolute Gasteiger partial charge is 0.494 e. The molecule has 0 saturated carbocycles. The summed E-state index contributed by atoms with van der Waals surface area (Å²) in [6.45, 7) is 3.30. The molecule has 2 rings (SSSR count). The van der Waals surface area contributed by atoms with Gasteiger partial charge in [-0.1, -0.05) is 36.4 Å². The van der Waals surface area contributed by atoms with Crippen LogP contribution in [0.4, 0.5) is 0 Å². The Morgan fingerprint density at radius 2 is 1.33 bits per heavy atom.